The van der Waals surface area contributed by atoms with Crippen molar-refractivity contribution < 1.29 is 4.79 Å². The van der Waals surface area contributed by atoms with Gasteiger partial charge in [-0.3, -0.25) is 4.79 Å². The molecule has 0 bridgehead atoms. The van der Waals surface area contributed by atoms with Crippen molar-refractivity contribution in [1.82, 2.24) is 0 Å². The number of carbonyl (C=O) groups is 1. The van der Waals surface area contributed by atoms with Crippen LogP contribution in [0.25, 0.3) is 0 Å². The summed E-state index contributed by atoms with van der Waals surface area (Å²) in [6.45, 7) is 0. The van der Waals surface area contributed by atoms with Crippen molar-refractivity contribution in [2.24, 2.45) is 5.73 Å². The van der Waals surface area contributed by atoms with Gasteiger partial charge in [0.05, 0.1) is 6.04 Å². The van der Waals surface area contributed by atoms with Crippen molar-refractivity contribution in [1.29, 1.82) is 0 Å². The Hall–Kier alpha value is -1.06. The zero-order valence-electron chi connectivity index (χ0n) is 8.03. The van der Waals surface area contributed by atoms with Crippen molar-refractivity contribution in [3.63, 3.8) is 0 Å². The first-order valence-electron chi connectivity index (χ1n) is 4.39. The summed E-state index contributed by atoms with van der Waals surface area (Å²) in [7, 11) is 0. The quantitative estimate of drug-likeness (QED) is 0.657. The second-order valence-corrected chi connectivity index (χ2v) is 4.26. The van der Waals surface area contributed by atoms with Crippen LogP contribution in [0.15, 0.2) is 24.3 Å². The number of nitrogens with two attached hydrogens (primary N) is 1. The van der Waals surface area contributed by atoms with Crippen LogP contribution >= 0.6 is 22.6 Å². The number of terminal acetylenes is 1. The molecular weight excluding hydrogens is 303 g/mol. The number of nitrogens with one attached hydrogen (secondary N) is 1. The SMILES string of the molecule is C#CCC(N)C(=O)Nc1ccc(I)cc1. The Labute approximate surface area is 103 Å². The summed E-state index contributed by atoms with van der Waals surface area (Å²) in [6, 6.07) is 6.81. The van der Waals surface area contributed by atoms with Gasteiger partial charge in [-0.1, -0.05) is 0 Å². The molecule has 0 heterocycles. The highest BCUT2D eigenvalue weighted by Crippen LogP contribution is 2.11. The molecule has 3 N–H and O–H groups in total. The van der Waals surface area contributed by atoms with Gasteiger partial charge >= 0.3 is 0 Å². The Morgan fingerprint density at radius 3 is 2.67 bits per heavy atom. The highest BCUT2D eigenvalue weighted by Gasteiger charge is 2.11. The molecule has 0 aliphatic heterocycles. The number of rotatable bonds is 3. The van der Waals surface area contributed by atoms with Gasteiger partial charge in [0.25, 0.3) is 0 Å². The maximum Gasteiger partial charge on any atom is 0.242 e. The fourth-order valence-corrected chi connectivity index (χ4v) is 1.35. The number of benzene rings is 1. The van der Waals surface area contributed by atoms with E-state index in [0.29, 0.717) is 0 Å². The van der Waals surface area contributed by atoms with Gasteiger partial charge in [-0.15, -0.1) is 12.3 Å². The molecule has 0 aliphatic carbocycles. The van der Waals surface area contributed by atoms with Crippen LogP contribution in [0.2, 0.25) is 0 Å². The monoisotopic (exact) mass is 314 g/mol. The molecule has 3 nitrogen and oxygen atoms in total. The molecule has 4 heteroatoms. The number of halogens is 1. The molecule has 0 radical (unpaired) electrons. The Bertz CT molecular complexity index is 381. The third kappa shape index (κ3) is 3.90. The molecule has 0 aromatic heterocycles. The van der Waals surface area contributed by atoms with Gasteiger partial charge in [0.2, 0.25) is 5.91 Å². The number of anilines is 1. The molecule has 0 saturated carbocycles. The molecule has 0 saturated heterocycles. The van der Waals surface area contributed by atoms with E-state index in [1.54, 1.807) is 0 Å². The van der Waals surface area contributed by atoms with Crippen LogP contribution in [0.1, 0.15) is 6.42 Å². The maximum atomic E-state index is 11.5. The lowest BCUT2D eigenvalue weighted by Gasteiger charge is -2.09. The van der Waals surface area contributed by atoms with E-state index in [0.717, 1.165) is 9.26 Å². The molecule has 0 fully saturated rings. The van der Waals surface area contributed by atoms with Crippen LogP contribution in [0.4, 0.5) is 5.69 Å². The Morgan fingerprint density at radius 2 is 2.13 bits per heavy atom. The van der Waals surface area contributed by atoms with Gasteiger partial charge in [-0.2, -0.15) is 0 Å². The molecule has 78 valence electrons. The van der Waals surface area contributed by atoms with Gasteiger partial charge in [0.1, 0.15) is 0 Å². The Balaban J connectivity index is 2.59. The third-order valence-electron chi connectivity index (χ3n) is 1.79. The first-order valence-corrected chi connectivity index (χ1v) is 5.47. The number of hydrogen-bond acceptors (Lipinski definition) is 2. The molecule has 1 unspecified atom stereocenters. The van der Waals surface area contributed by atoms with E-state index in [1.807, 2.05) is 24.3 Å². The van der Waals surface area contributed by atoms with Crippen LogP contribution in [0.3, 0.4) is 0 Å². The van der Waals surface area contributed by atoms with E-state index in [2.05, 4.69) is 33.8 Å². The zero-order chi connectivity index (χ0) is 11.3. The first kappa shape index (κ1) is 12.0. The Kier molecular flexibility index (Phi) is 4.59. The smallest absolute Gasteiger partial charge is 0.242 e. The maximum absolute atomic E-state index is 11.5. The summed E-state index contributed by atoms with van der Waals surface area (Å²) >= 11 is 2.19. The third-order valence-corrected chi connectivity index (χ3v) is 2.51. The van der Waals surface area contributed by atoms with Crippen molar-refractivity contribution in [2.75, 3.05) is 5.32 Å². The van der Waals surface area contributed by atoms with E-state index < -0.39 is 6.04 Å². The van der Waals surface area contributed by atoms with E-state index in [1.165, 1.54) is 0 Å². The second kappa shape index (κ2) is 5.73. The van der Waals surface area contributed by atoms with Gasteiger partial charge < -0.3 is 11.1 Å². The minimum atomic E-state index is -0.644. The van der Waals surface area contributed by atoms with Crippen molar-refractivity contribution >= 4 is 34.2 Å². The van der Waals surface area contributed by atoms with Crippen LogP contribution in [0.5, 0.6) is 0 Å². The van der Waals surface area contributed by atoms with Gasteiger partial charge in [-0.05, 0) is 46.9 Å². The fraction of sp³-hybridized carbons (Fsp3) is 0.182. The van der Waals surface area contributed by atoms with Gasteiger partial charge in [-0.25, -0.2) is 0 Å². The Morgan fingerprint density at radius 1 is 1.53 bits per heavy atom. The summed E-state index contributed by atoms with van der Waals surface area (Å²) in [5, 5.41) is 2.69. The molecule has 1 aromatic rings. The van der Waals surface area contributed by atoms with Crippen LogP contribution < -0.4 is 11.1 Å². The van der Waals surface area contributed by atoms with E-state index in [4.69, 9.17) is 12.2 Å². The van der Waals surface area contributed by atoms with Crippen molar-refractivity contribution in [3.05, 3.63) is 27.8 Å². The lowest BCUT2D eigenvalue weighted by atomic mass is 10.2. The summed E-state index contributed by atoms with van der Waals surface area (Å²) in [6.07, 6.45) is 5.32. The average molecular weight is 314 g/mol. The predicted molar refractivity (Wildman–Crippen MR) is 69.2 cm³/mol. The highest BCUT2D eigenvalue weighted by atomic mass is 127. The minimum Gasteiger partial charge on any atom is -0.325 e. The zero-order valence-corrected chi connectivity index (χ0v) is 10.2. The van der Waals surface area contributed by atoms with Crippen LogP contribution in [-0.4, -0.2) is 11.9 Å². The van der Waals surface area contributed by atoms with Crippen molar-refractivity contribution in [2.45, 2.75) is 12.5 Å². The largest absolute Gasteiger partial charge is 0.325 e. The molecule has 1 amide bonds. The molecule has 15 heavy (non-hydrogen) atoms. The average Bonchev–Trinajstić information content (AvgIpc) is 2.22. The van der Waals surface area contributed by atoms with E-state index in [9.17, 15) is 4.79 Å². The molecular formula is C11H11IN2O. The van der Waals surface area contributed by atoms with Crippen molar-refractivity contribution in [3.8, 4) is 12.3 Å². The normalized spacial score (nSPS) is 11.5. The number of amides is 1. The molecule has 0 aliphatic rings. The van der Waals surface area contributed by atoms with E-state index >= 15 is 0 Å². The lowest BCUT2D eigenvalue weighted by Crippen LogP contribution is -2.35. The van der Waals surface area contributed by atoms with Crippen LogP contribution in [0, 0.1) is 15.9 Å². The fourth-order valence-electron chi connectivity index (χ4n) is 0.988. The molecule has 1 rings (SSSR count). The highest BCUT2D eigenvalue weighted by molar-refractivity contribution is 14.1. The second-order valence-electron chi connectivity index (χ2n) is 3.01. The van der Waals surface area contributed by atoms with Gasteiger partial charge in [0, 0.05) is 15.7 Å². The topological polar surface area (TPSA) is 55.1 Å². The predicted octanol–water partition coefficient (Wildman–Crippen LogP) is 1.58. The standard InChI is InChI=1S/C11H11IN2O/c1-2-3-10(13)11(15)14-9-6-4-8(12)5-7-9/h1,4-7,10H,3,13H2,(H,14,15). The summed E-state index contributed by atoms with van der Waals surface area (Å²) < 4.78 is 1.11. The minimum absolute atomic E-state index is 0.246. The summed E-state index contributed by atoms with van der Waals surface area (Å²) in [4.78, 5) is 11.5. The van der Waals surface area contributed by atoms with Crippen LogP contribution in [-0.2, 0) is 4.79 Å². The summed E-state index contributed by atoms with van der Waals surface area (Å²) in [5.41, 5.74) is 6.28. The molecule has 0 spiro atoms. The number of hydrogen-bond donors (Lipinski definition) is 2. The first-order chi connectivity index (χ1) is 7.13. The number of carbonyl (C=O) groups excluding carboxylic acids is 1. The lowest BCUT2D eigenvalue weighted by molar-refractivity contribution is -0.117. The molecule has 1 atom stereocenters. The summed E-state index contributed by atoms with van der Waals surface area (Å²) in [5.74, 6) is 2.10. The molecule has 1 aromatic carbocycles. The van der Waals surface area contributed by atoms with E-state index in [-0.39, 0.29) is 12.3 Å². The van der Waals surface area contributed by atoms with Gasteiger partial charge in [0.15, 0.2) is 0 Å².